The van der Waals surface area contributed by atoms with E-state index < -0.39 is 12.1 Å². The van der Waals surface area contributed by atoms with Crippen LogP contribution >= 0.6 is 0 Å². The van der Waals surface area contributed by atoms with Crippen LogP contribution in [-0.2, 0) is 4.79 Å². The van der Waals surface area contributed by atoms with E-state index in [1.807, 2.05) is 6.08 Å². The lowest BCUT2D eigenvalue weighted by molar-refractivity contribution is -0.123. The zero-order chi connectivity index (χ0) is 36.4. The summed E-state index contributed by atoms with van der Waals surface area (Å²) >= 11 is 0. The Morgan fingerprint density at radius 3 is 1.04 bits per heavy atom. The largest absolute Gasteiger partial charge is 0.394 e. The summed E-state index contributed by atoms with van der Waals surface area (Å²) in [6, 6.07) is -0.614. The van der Waals surface area contributed by atoms with E-state index in [0.717, 1.165) is 25.7 Å². The van der Waals surface area contributed by atoms with Crippen molar-refractivity contribution in [2.45, 2.75) is 270 Å². The van der Waals surface area contributed by atoms with Crippen molar-refractivity contribution in [3.8, 4) is 0 Å². The number of aliphatic hydroxyl groups is 2. The van der Waals surface area contributed by atoms with Crippen molar-refractivity contribution < 1.29 is 15.0 Å². The number of rotatable bonds is 42. The molecule has 4 nitrogen and oxygen atoms in total. The molecule has 4 heteroatoms. The van der Waals surface area contributed by atoms with Gasteiger partial charge < -0.3 is 15.5 Å². The molecule has 0 rings (SSSR count). The van der Waals surface area contributed by atoms with E-state index in [-0.39, 0.29) is 12.5 Å². The van der Waals surface area contributed by atoms with Gasteiger partial charge in [0.05, 0.1) is 18.8 Å². The Bertz CT molecular complexity index is 680. The molecule has 0 aliphatic carbocycles. The minimum Gasteiger partial charge on any atom is -0.394 e. The van der Waals surface area contributed by atoms with Crippen molar-refractivity contribution in [3.63, 3.8) is 0 Å². The summed E-state index contributed by atoms with van der Waals surface area (Å²) in [4.78, 5) is 12.3. The zero-order valence-electron chi connectivity index (χ0n) is 34.2. The molecule has 0 unspecified atom stereocenters. The molecule has 1 amide bonds. The van der Waals surface area contributed by atoms with Crippen molar-refractivity contribution in [2.24, 2.45) is 0 Å². The van der Waals surface area contributed by atoms with Crippen LogP contribution in [0, 0.1) is 0 Å². The molecule has 0 radical (unpaired) electrons. The van der Waals surface area contributed by atoms with Gasteiger partial charge in [-0.15, -0.1) is 0 Å². The van der Waals surface area contributed by atoms with E-state index >= 15 is 0 Å². The highest BCUT2D eigenvalue weighted by Crippen LogP contribution is 2.17. The van der Waals surface area contributed by atoms with E-state index in [0.29, 0.717) is 6.42 Å². The summed E-state index contributed by atoms with van der Waals surface area (Å²) in [6.07, 6.45) is 53.5. The minimum atomic E-state index is -0.831. The standard InChI is InChI=1S/C46H91NO3/c1-3-5-7-9-11-13-14-15-16-17-18-19-20-21-22-23-24-25-26-27-28-29-30-31-32-34-36-38-40-42-46(50)47-44(43-48)45(49)41-39-37-35-33-12-10-8-6-4-2/h39,41,44-45,48-49H,3-38,40,42-43H2,1-2H3,(H,47,50)/b41-39+/t44-,45+/m0/s1. The van der Waals surface area contributed by atoms with E-state index in [1.165, 1.54) is 212 Å². The van der Waals surface area contributed by atoms with Gasteiger partial charge in [-0.3, -0.25) is 4.79 Å². The molecule has 0 aliphatic heterocycles. The van der Waals surface area contributed by atoms with Crippen molar-refractivity contribution in [3.05, 3.63) is 12.2 Å². The number of hydrogen-bond donors (Lipinski definition) is 3. The predicted octanol–water partition coefficient (Wildman–Crippen LogP) is 14.2. The molecule has 50 heavy (non-hydrogen) atoms. The number of aliphatic hydroxyl groups excluding tert-OH is 2. The molecule has 0 spiro atoms. The van der Waals surface area contributed by atoms with Gasteiger partial charge in [0, 0.05) is 6.42 Å². The first-order valence-electron chi connectivity index (χ1n) is 22.9. The molecule has 0 saturated carbocycles. The number of carbonyl (C=O) groups is 1. The molecule has 0 aliphatic rings. The van der Waals surface area contributed by atoms with Crippen LogP contribution in [0.4, 0.5) is 0 Å². The van der Waals surface area contributed by atoms with Crippen molar-refractivity contribution in [1.29, 1.82) is 0 Å². The Kier molecular flexibility index (Phi) is 41.8. The SMILES string of the molecule is CCCCCCCCC/C=C/[C@@H](O)[C@H](CO)NC(=O)CCCCCCCCCCCCCCCCCCCCCCCCCCCCCCC. The van der Waals surface area contributed by atoms with E-state index in [1.54, 1.807) is 6.08 Å². The van der Waals surface area contributed by atoms with Crippen LogP contribution < -0.4 is 5.32 Å². The van der Waals surface area contributed by atoms with Crippen LogP contribution in [0.1, 0.15) is 258 Å². The Balaban J connectivity index is 3.38. The second kappa shape index (κ2) is 42.5. The first kappa shape index (κ1) is 49.1. The summed E-state index contributed by atoms with van der Waals surface area (Å²) < 4.78 is 0. The third kappa shape index (κ3) is 38.4. The van der Waals surface area contributed by atoms with Gasteiger partial charge >= 0.3 is 0 Å². The molecular weight excluding hydrogens is 615 g/mol. The molecule has 0 aromatic heterocycles. The van der Waals surface area contributed by atoms with Crippen LogP contribution in [0.5, 0.6) is 0 Å². The Morgan fingerprint density at radius 1 is 0.460 bits per heavy atom. The fourth-order valence-electron chi connectivity index (χ4n) is 7.24. The molecule has 0 aromatic rings. The summed E-state index contributed by atoms with van der Waals surface area (Å²) in [5, 5.41) is 22.9. The Hall–Kier alpha value is -0.870. The number of unbranched alkanes of at least 4 members (excludes halogenated alkanes) is 35. The molecule has 0 fully saturated rings. The fraction of sp³-hybridized carbons (Fsp3) is 0.935. The molecule has 0 bridgehead atoms. The van der Waals surface area contributed by atoms with Gasteiger partial charge in [-0.25, -0.2) is 0 Å². The quantitative estimate of drug-likeness (QED) is 0.0437. The van der Waals surface area contributed by atoms with Crippen LogP contribution in [-0.4, -0.2) is 34.9 Å². The summed E-state index contributed by atoms with van der Waals surface area (Å²) in [7, 11) is 0. The van der Waals surface area contributed by atoms with Gasteiger partial charge in [0.1, 0.15) is 0 Å². The van der Waals surface area contributed by atoms with Gasteiger partial charge in [0.15, 0.2) is 0 Å². The van der Waals surface area contributed by atoms with Gasteiger partial charge in [0.25, 0.3) is 0 Å². The average Bonchev–Trinajstić information content (AvgIpc) is 3.12. The number of amides is 1. The molecule has 298 valence electrons. The lowest BCUT2D eigenvalue weighted by Crippen LogP contribution is -2.45. The van der Waals surface area contributed by atoms with Crippen molar-refractivity contribution in [2.75, 3.05) is 6.61 Å². The van der Waals surface area contributed by atoms with Crippen LogP contribution in [0.3, 0.4) is 0 Å². The normalized spacial score (nSPS) is 13.0. The third-order valence-electron chi connectivity index (χ3n) is 10.8. The first-order chi connectivity index (χ1) is 24.7. The van der Waals surface area contributed by atoms with E-state index in [4.69, 9.17) is 0 Å². The maximum atomic E-state index is 12.3. The molecule has 2 atom stereocenters. The predicted molar refractivity (Wildman–Crippen MR) is 221 cm³/mol. The maximum Gasteiger partial charge on any atom is 0.220 e. The highest BCUT2D eigenvalue weighted by atomic mass is 16.3. The molecule has 3 N–H and O–H groups in total. The first-order valence-corrected chi connectivity index (χ1v) is 22.9. The number of hydrogen-bond acceptors (Lipinski definition) is 3. The molecule has 0 heterocycles. The average molecular weight is 706 g/mol. The van der Waals surface area contributed by atoms with Gasteiger partial charge in [-0.1, -0.05) is 244 Å². The number of nitrogens with one attached hydrogen (secondary N) is 1. The van der Waals surface area contributed by atoms with E-state index in [9.17, 15) is 15.0 Å². The number of allylic oxidation sites excluding steroid dienone is 1. The minimum absolute atomic E-state index is 0.0615. The lowest BCUT2D eigenvalue weighted by atomic mass is 10.0. The second-order valence-electron chi connectivity index (χ2n) is 15.8. The van der Waals surface area contributed by atoms with Crippen molar-refractivity contribution in [1.82, 2.24) is 5.32 Å². The molecule has 0 saturated heterocycles. The monoisotopic (exact) mass is 706 g/mol. The third-order valence-corrected chi connectivity index (χ3v) is 10.8. The molecule has 0 aromatic carbocycles. The lowest BCUT2D eigenvalue weighted by Gasteiger charge is -2.20. The Labute approximate surface area is 314 Å². The maximum absolute atomic E-state index is 12.3. The summed E-state index contributed by atoms with van der Waals surface area (Å²) in [5.74, 6) is -0.0615. The number of carbonyl (C=O) groups excluding carboxylic acids is 1. The highest BCUT2D eigenvalue weighted by Gasteiger charge is 2.17. The smallest absolute Gasteiger partial charge is 0.220 e. The summed E-state index contributed by atoms with van der Waals surface area (Å²) in [6.45, 7) is 4.30. The Morgan fingerprint density at radius 2 is 0.740 bits per heavy atom. The summed E-state index contributed by atoms with van der Waals surface area (Å²) in [5.41, 5.74) is 0. The van der Waals surface area contributed by atoms with Gasteiger partial charge in [0.2, 0.25) is 5.91 Å². The van der Waals surface area contributed by atoms with Crippen molar-refractivity contribution >= 4 is 5.91 Å². The van der Waals surface area contributed by atoms with Gasteiger partial charge in [-0.05, 0) is 19.3 Å². The van der Waals surface area contributed by atoms with Crippen LogP contribution in [0.15, 0.2) is 12.2 Å². The zero-order valence-corrected chi connectivity index (χ0v) is 34.2. The van der Waals surface area contributed by atoms with Gasteiger partial charge in [-0.2, -0.15) is 0 Å². The fourth-order valence-corrected chi connectivity index (χ4v) is 7.24. The van der Waals surface area contributed by atoms with Crippen LogP contribution in [0.25, 0.3) is 0 Å². The van der Waals surface area contributed by atoms with Crippen LogP contribution in [0.2, 0.25) is 0 Å². The van der Waals surface area contributed by atoms with E-state index in [2.05, 4.69) is 19.2 Å². The molecular formula is C46H91NO3. The second-order valence-corrected chi connectivity index (χ2v) is 15.8. The topological polar surface area (TPSA) is 69.6 Å². The highest BCUT2D eigenvalue weighted by molar-refractivity contribution is 5.76.